The molecule has 0 aliphatic rings. The van der Waals surface area contributed by atoms with E-state index in [-0.39, 0.29) is 11.3 Å². The number of primary amides is 1. The van der Waals surface area contributed by atoms with E-state index in [1.54, 1.807) is 4.90 Å². The van der Waals surface area contributed by atoms with Crippen molar-refractivity contribution in [1.29, 1.82) is 0 Å². The highest BCUT2D eigenvalue weighted by atomic mass is 19.1. The Balaban J connectivity index is 3.02. The number of benzene rings is 1. The van der Waals surface area contributed by atoms with Gasteiger partial charge in [-0.1, -0.05) is 0 Å². The summed E-state index contributed by atoms with van der Waals surface area (Å²) >= 11 is 0. The molecule has 106 valence electrons. The molecule has 19 heavy (non-hydrogen) atoms. The van der Waals surface area contributed by atoms with Crippen LogP contribution in [0.5, 0.6) is 0 Å². The maximum Gasteiger partial charge on any atom is 0.250 e. The lowest BCUT2D eigenvalue weighted by Gasteiger charge is -2.24. The first kappa shape index (κ1) is 15.2. The third-order valence-electron chi connectivity index (χ3n) is 2.82. The van der Waals surface area contributed by atoms with Crippen molar-refractivity contribution < 1.29 is 13.9 Å². The van der Waals surface area contributed by atoms with Crippen LogP contribution in [0.4, 0.5) is 15.8 Å². The van der Waals surface area contributed by atoms with Crippen LogP contribution in [-0.4, -0.2) is 32.2 Å². The van der Waals surface area contributed by atoms with Crippen LogP contribution in [0, 0.1) is 5.82 Å². The molecule has 4 N–H and O–H groups in total. The second-order valence-electron chi connectivity index (χ2n) is 4.03. The highest BCUT2D eigenvalue weighted by Gasteiger charge is 2.15. The SMILES string of the molecule is CCOCCN(CC)c1cc(C(N)=O)c(N)cc1F. The molecular weight excluding hydrogens is 249 g/mol. The summed E-state index contributed by atoms with van der Waals surface area (Å²) in [5.74, 6) is -1.14. The zero-order valence-electron chi connectivity index (χ0n) is 11.3. The number of carbonyl (C=O) groups is 1. The van der Waals surface area contributed by atoms with Gasteiger partial charge in [0.2, 0.25) is 0 Å². The molecule has 0 saturated heterocycles. The average molecular weight is 269 g/mol. The minimum Gasteiger partial charge on any atom is -0.398 e. The van der Waals surface area contributed by atoms with Crippen molar-refractivity contribution in [3.63, 3.8) is 0 Å². The number of hydrogen-bond donors (Lipinski definition) is 2. The number of likely N-dealkylation sites (N-methyl/N-ethyl adjacent to an activating group) is 1. The summed E-state index contributed by atoms with van der Waals surface area (Å²) in [6, 6.07) is 2.52. The fourth-order valence-electron chi connectivity index (χ4n) is 1.80. The molecule has 0 aliphatic heterocycles. The third-order valence-corrected chi connectivity index (χ3v) is 2.82. The lowest BCUT2D eigenvalue weighted by atomic mass is 10.1. The van der Waals surface area contributed by atoms with Gasteiger partial charge < -0.3 is 21.1 Å². The monoisotopic (exact) mass is 269 g/mol. The zero-order chi connectivity index (χ0) is 14.4. The van der Waals surface area contributed by atoms with E-state index in [1.807, 2.05) is 13.8 Å². The lowest BCUT2D eigenvalue weighted by Crippen LogP contribution is -2.28. The van der Waals surface area contributed by atoms with Crippen LogP contribution in [0.2, 0.25) is 0 Å². The number of amides is 1. The van der Waals surface area contributed by atoms with Gasteiger partial charge in [0.15, 0.2) is 0 Å². The fraction of sp³-hybridized carbons (Fsp3) is 0.462. The van der Waals surface area contributed by atoms with Crippen molar-refractivity contribution in [3.05, 3.63) is 23.5 Å². The van der Waals surface area contributed by atoms with Crippen molar-refractivity contribution >= 4 is 17.3 Å². The molecule has 6 heteroatoms. The van der Waals surface area contributed by atoms with Gasteiger partial charge >= 0.3 is 0 Å². The van der Waals surface area contributed by atoms with Gasteiger partial charge in [0.25, 0.3) is 5.91 Å². The normalized spacial score (nSPS) is 10.5. The Morgan fingerprint density at radius 1 is 1.42 bits per heavy atom. The van der Waals surface area contributed by atoms with Crippen molar-refractivity contribution in [2.45, 2.75) is 13.8 Å². The van der Waals surface area contributed by atoms with Crippen LogP contribution >= 0.6 is 0 Å². The molecule has 5 nitrogen and oxygen atoms in total. The van der Waals surface area contributed by atoms with Crippen molar-refractivity contribution in [1.82, 2.24) is 0 Å². The Kier molecular flexibility index (Phi) is 5.57. The van der Waals surface area contributed by atoms with E-state index in [0.29, 0.717) is 32.0 Å². The summed E-state index contributed by atoms with van der Waals surface area (Å²) < 4.78 is 19.2. The Bertz CT molecular complexity index is 452. The van der Waals surface area contributed by atoms with E-state index in [0.717, 1.165) is 6.07 Å². The molecule has 1 amide bonds. The van der Waals surface area contributed by atoms with E-state index >= 15 is 0 Å². The second-order valence-corrected chi connectivity index (χ2v) is 4.03. The highest BCUT2D eigenvalue weighted by Crippen LogP contribution is 2.25. The Labute approximate surface area is 112 Å². The standard InChI is InChI=1S/C13H20FN3O2/c1-3-17(5-6-19-4-2)12-7-9(13(16)18)11(15)8-10(12)14/h7-8H,3-6,15H2,1-2H3,(H2,16,18). The number of halogens is 1. The topological polar surface area (TPSA) is 81.6 Å². The van der Waals surface area contributed by atoms with Gasteiger partial charge in [-0.05, 0) is 26.0 Å². The molecule has 1 aromatic carbocycles. The Morgan fingerprint density at radius 2 is 2.11 bits per heavy atom. The van der Waals surface area contributed by atoms with Crippen molar-refractivity contribution in [2.75, 3.05) is 36.9 Å². The number of rotatable bonds is 7. The van der Waals surface area contributed by atoms with E-state index < -0.39 is 11.7 Å². The summed E-state index contributed by atoms with van der Waals surface area (Å²) in [7, 11) is 0. The predicted octanol–water partition coefficient (Wildman–Crippen LogP) is 1.37. The molecule has 0 saturated carbocycles. The largest absolute Gasteiger partial charge is 0.398 e. The summed E-state index contributed by atoms with van der Waals surface area (Å²) in [6.45, 7) is 6.00. The first-order valence-corrected chi connectivity index (χ1v) is 6.22. The molecule has 0 unspecified atom stereocenters. The van der Waals surface area contributed by atoms with E-state index in [1.165, 1.54) is 6.07 Å². The van der Waals surface area contributed by atoms with Crippen LogP contribution < -0.4 is 16.4 Å². The Morgan fingerprint density at radius 3 is 2.63 bits per heavy atom. The van der Waals surface area contributed by atoms with Crippen molar-refractivity contribution in [3.8, 4) is 0 Å². The van der Waals surface area contributed by atoms with Crippen LogP contribution in [-0.2, 0) is 4.74 Å². The van der Waals surface area contributed by atoms with Crippen LogP contribution in [0.15, 0.2) is 12.1 Å². The molecule has 1 rings (SSSR count). The van der Waals surface area contributed by atoms with Crippen molar-refractivity contribution in [2.24, 2.45) is 5.73 Å². The number of carbonyl (C=O) groups excluding carboxylic acids is 1. The average Bonchev–Trinajstić information content (AvgIpc) is 2.35. The smallest absolute Gasteiger partial charge is 0.250 e. The number of nitrogens with zero attached hydrogens (tertiary/aromatic N) is 1. The molecule has 0 heterocycles. The van der Waals surface area contributed by atoms with E-state index in [2.05, 4.69) is 0 Å². The summed E-state index contributed by atoms with van der Waals surface area (Å²) in [5.41, 5.74) is 11.3. The molecule has 0 bridgehead atoms. The molecule has 0 aromatic heterocycles. The quantitative estimate of drug-likeness (QED) is 0.578. The first-order valence-electron chi connectivity index (χ1n) is 6.22. The summed E-state index contributed by atoms with van der Waals surface area (Å²) in [6.07, 6.45) is 0. The Hall–Kier alpha value is -1.82. The third kappa shape index (κ3) is 3.82. The van der Waals surface area contributed by atoms with Gasteiger partial charge in [-0.3, -0.25) is 4.79 Å². The molecule has 0 fully saturated rings. The number of nitrogen functional groups attached to an aromatic ring is 1. The molecule has 1 aromatic rings. The number of nitrogens with two attached hydrogens (primary N) is 2. The van der Waals surface area contributed by atoms with Gasteiger partial charge in [-0.15, -0.1) is 0 Å². The predicted molar refractivity (Wildman–Crippen MR) is 73.7 cm³/mol. The number of hydrogen-bond acceptors (Lipinski definition) is 4. The van der Waals surface area contributed by atoms with Gasteiger partial charge in [-0.25, -0.2) is 4.39 Å². The molecule has 0 atom stereocenters. The van der Waals surface area contributed by atoms with Gasteiger partial charge in [-0.2, -0.15) is 0 Å². The maximum atomic E-state index is 13.9. The van der Waals surface area contributed by atoms with Gasteiger partial charge in [0.05, 0.1) is 17.9 Å². The lowest BCUT2D eigenvalue weighted by molar-refractivity contribution is 0.100. The minimum absolute atomic E-state index is 0.0506. The second kappa shape index (κ2) is 6.94. The van der Waals surface area contributed by atoms with Crippen LogP contribution in [0.25, 0.3) is 0 Å². The number of anilines is 2. The fourth-order valence-corrected chi connectivity index (χ4v) is 1.80. The summed E-state index contributed by atoms with van der Waals surface area (Å²) in [5, 5.41) is 0. The van der Waals surface area contributed by atoms with E-state index in [9.17, 15) is 9.18 Å². The highest BCUT2D eigenvalue weighted by molar-refractivity contribution is 5.99. The maximum absolute atomic E-state index is 13.9. The minimum atomic E-state index is -0.667. The van der Waals surface area contributed by atoms with Gasteiger partial charge in [0.1, 0.15) is 5.82 Å². The van der Waals surface area contributed by atoms with Crippen LogP contribution in [0.3, 0.4) is 0 Å². The first-order chi connectivity index (χ1) is 9.01. The zero-order valence-corrected chi connectivity index (χ0v) is 11.3. The van der Waals surface area contributed by atoms with E-state index in [4.69, 9.17) is 16.2 Å². The molecule has 0 radical (unpaired) electrons. The number of ether oxygens (including phenoxy) is 1. The molecule has 0 spiro atoms. The summed E-state index contributed by atoms with van der Waals surface area (Å²) in [4.78, 5) is 13.0. The van der Waals surface area contributed by atoms with Crippen LogP contribution in [0.1, 0.15) is 24.2 Å². The van der Waals surface area contributed by atoms with Gasteiger partial charge in [0, 0.05) is 25.4 Å². The molecular formula is C13H20FN3O2. The molecule has 0 aliphatic carbocycles.